The van der Waals surface area contributed by atoms with E-state index < -0.39 is 0 Å². The van der Waals surface area contributed by atoms with E-state index in [1.54, 1.807) is 11.3 Å². The van der Waals surface area contributed by atoms with Crippen molar-refractivity contribution in [2.75, 3.05) is 7.11 Å². The Morgan fingerprint density at radius 3 is 2.82 bits per heavy atom. The lowest BCUT2D eigenvalue weighted by Gasteiger charge is -2.00. The third-order valence-corrected chi connectivity index (χ3v) is 5.32. The number of hydrogen-bond donors (Lipinski definition) is 0. The van der Waals surface area contributed by atoms with Crippen molar-refractivity contribution in [1.29, 1.82) is 0 Å². The summed E-state index contributed by atoms with van der Waals surface area (Å²) in [6.45, 7) is 0. The molecule has 2 aromatic heterocycles. The van der Waals surface area contributed by atoms with Crippen LogP contribution in [0.15, 0.2) is 41.1 Å². The smallest absolute Gasteiger partial charge is 0.305 e. The van der Waals surface area contributed by atoms with Crippen molar-refractivity contribution in [3.63, 3.8) is 0 Å². The number of benzene rings is 1. The van der Waals surface area contributed by atoms with E-state index in [4.69, 9.17) is 0 Å². The van der Waals surface area contributed by atoms with Crippen molar-refractivity contribution >= 4 is 44.5 Å². The fourth-order valence-corrected chi connectivity index (χ4v) is 4.00. The molecule has 0 radical (unpaired) electrons. The molecule has 0 amide bonds. The van der Waals surface area contributed by atoms with Crippen LogP contribution in [0.1, 0.15) is 22.5 Å². The van der Waals surface area contributed by atoms with Gasteiger partial charge in [0.15, 0.2) is 5.78 Å². The predicted octanol–water partition coefficient (Wildman–Crippen LogP) is 4.77. The van der Waals surface area contributed by atoms with E-state index in [-0.39, 0.29) is 24.6 Å². The lowest BCUT2D eigenvalue weighted by molar-refractivity contribution is -0.140. The zero-order valence-electron chi connectivity index (χ0n) is 12.0. The number of esters is 1. The van der Waals surface area contributed by atoms with E-state index in [2.05, 4.69) is 28.3 Å². The maximum Gasteiger partial charge on any atom is 0.305 e. The third-order valence-electron chi connectivity index (χ3n) is 3.46. The minimum absolute atomic E-state index is 0.0147. The Labute approximate surface area is 136 Å². The molecule has 0 spiro atoms. The Balaban J connectivity index is 1.83. The number of hydrogen-bond acceptors (Lipinski definition) is 5. The average molecular weight is 330 g/mol. The van der Waals surface area contributed by atoms with Crippen LogP contribution in [0.5, 0.6) is 0 Å². The molecule has 112 valence electrons. The molecule has 0 saturated carbocycles. The summed E-state index contributed by atoms with van der Waals surface area (Å²) in [6.07, 6.45) is 0.317. The molecule has 0 atom stereocenters. The van der Waals surface area contributed by atoms with E-state index in [0.29, 0.717) is 4.88 Å². The molecule has 0 unspecified atom stereocenters. The molecule has 3 aromatic rings. The van der Waals surface area contributed by atoms with Gasteiger partial charge in [-0.3, -0.25) is 9.59 Å². The third kappa shape index (κ3) is 2.96. The van der Waals surface area contributed by atoms with E-state index >= 15 is 0 Å². The summed E-state index contributed by atoms with van der Waals surface area (Å²) < 4.78 is 5.80. The summed E-state index contributed by atoms with van der Waals surface area (Å²) in [6, 6.07) is 10.2. The molecule has 0 aliphatic rings. The molecule has 0 saturated heterocycles. The lowest BCUT2D eigenvalue weighted by Crippen LogP contribution is -2.04. The van der Waals surface area contributed by atoms with Gasteiger partial charge < -0.3 is 4.74 Å². The number of carbonyl (C=O) groups excluding carboxylic acids is 2. The van der Waals surface area contributed by atoms with Crippen molar-refractivity contribution < 1.29 is 14.3 Å². The predicted molar refractivity (Wildman–Crippen MR) is 90.7 cm³/mol. The van der Waals surface area contributed by atoms with Gasteiger partial charge in [-0.2, -0.15) is 0 Å². The van der Waals surface area contributed by atoms with Crippen LogP contribution >= 0.6 is 22.7 Å². The van der Waals surface area contributed by atoms with E-state index in [1.165, 1.54) is 28.5 Å². The van der Waals surface area contributed by atoms with Crippen molar-refractivity contribution in [2.45, 2.75) is 12.8 Å². The van der Waals surface area contributed by atoms with Crippen LogP contribution in [0.4, 0.5) is 0 Å². The van der Waals surface area contributed by atoms with Crippen molar-refractivity contribution in [1.82, 2.24) is 0 Å². The second kappa shape index (κ2) is 6.42. The lowest BCUT2D eigenvalue weighted by atomic mass is 10.0. The molecular formula is C17H14O3S2. The average Bonchev–Trinajstić information content (AvgIpc) is 3.20. The Morgan fingerprint density at radius 2 is 2.00 bits per heavy atom. The van der Waals surface area contributed by atoms with Gasteiger partial charge in [-0.25, -0.2) is 0 Å². The summed E-state index contributed by atoms with van der Waals surface area (Å²) in [5.41, 5.74) is 2.19. The first kappa shape index (κ1) is 14.9. The summed E-state index contributed by atoms with van der Waals surface area (Å²) in [5.74, 6) is -0.368. The van der Waals surface area contributed by atoms with Crippen LogP contribution in [0, 0.1) is 0 Å². The van der Waals surface area contributed by atoms with Gasteiger partial charge in [0.2, 0.25) is 0 Å². The van der Waals surface area contributed by atoms with Gasteiger partial charge in [0, 0.05) is 16.5 Å². The molecule has 1 aromatic carbocycles. The highest BCUT2D eigenvalue weighted by atomic mass is 32.1. The molecule has 3 nitrogen and oxygen atoms in total. The number of thiophene rings is 2. The molecular weight excluding hydrogens is 316 g/mol. The minimum Gasteiger partial charge on any atom is -0.469 e. The number of rotatable bonds is 5. The topological polar surface area (TPSA) is 43.4 Å². The summed E-state index contributed by atoms with van der Waals surface area (Å²) >= 11 is 3.13. The number of fused-ring (bicyclic) bond motifs is 1. The zero-order valence-corrected chi connectivity index (χ0v) is 13.6. The van der Waals surface area contributed by atoms with Gasteiger partial charge >= 0.3 is 5.97 Å². The molecule has 2 heterocycles. The maximum atomic E-state index is 12.1. The fraction of sp³-hybridized carbons (Fsp3) is 0.176. The molecule has 5 heteroatoms. The quantitative estimate of drug-likeness (QED) is 0.500. The standard InChI is InChI=1S/C17H14O3S2/c1-20-17(19)6-5-14(18)16-9-11(10-22-16)12-3-2-4-15-13(12)7-8-21-15/h2-4,7-10H,5-6H2,1H3. The number of methoxy groups -OCH3 is 1. The Bertz CT molecular complexity index is 829. The van der Waals surface area contributed by atoms with Crippen molar-refractivity contribution in [3.8, 4) is 11.1 Å². The first-order valence-corrected chi connectivity index (χ1v) is 8.60. The molecule has 0 aliphatic heterocycles. The molecule has 22 heavy (non-hydrogen) atoms. The number of ketones is 1. The Morgan fingerprint density at radius 1 is 1.14 bits per heavy atom. The second-order valence-corrected chi connectivity index (χ2v) is 6.70. The molecule has 0 bridgehead atoms. The van der Waals surface area contributed by atoms with Crippen LogP contribution in [0.3, 0.4) is 0 Å². The summed E-state index contributed by atoms with van der Waals surface area (Å²) in [4.78, 5) is 23.9. The van der Waals surface area contributed by atoms with Gasteiger partial charge in [0.25, 0.3) is 0 Å². The van der Waals surface area contributed by atoms with E-state index in [0.717, 1.165) is 11.1 Å². The van der Waals surface area contributed by atoms with Crippen molar-refractivity contribution in [2.24, 2.45) is 0 Å². The monoisotopic (exact) mass is 330 g/mol. The highest BCUT2D eigenvalue weighted by Gasteiger charge is 2.13. The van der Waals surface area contributed by atoms with Gasteiger partial charge in [-0.1, -0.05) is 12.1 Å². The van der Waals surface area contributed by atoms with E-state index in [1.807, 2.05) is 17.5 Å². The molecule has 3 rings (SSSR count). The highest BCUT2D eigenvalue weighted by molar-refractivity contribution is 7.17. The minimum atomic E-state index is -0.354. The summed E-state index contributed by atoms with van der Waals surface area (Å²) in [5, 5.41) is 5.28. The zero-order chi connectivity index (χ0) is 15.5. The van der Waals surface area contributed by atoms with Gasteiger partial charge in [-0.15, -0.1) is 22.7 Å². The highest BCUT2D eigenvalue weighted by Crippen LogP contribution is 2.34. The molecule has 0 fully saturated rings. The largest absolute Gasteiger partial charge is 0.469 e. The first-order valence-electron chi connectivity index (χ1n) is 6.84. The summed E-state index contributed by atoms with van der Waals surface area (Å²) in [7, 11) is 1.33. The number of ether oxygens (including phenoxy) is 1. The Kier molecular flexibility index (Phi) is 4.36. The number of Topliss-reactive ketones (excluding diaryl/α,β-unsaturated/α-hetero) is 1. The van der Waals surface area contributed by atoms with Crippen LogP contribution in [-0.4, -0.2) is 18.9 Å². The fourth-order valence-electron chi connectivity index (χ4n) is 2.31. The second-order valence-electron chi connectivity index (χ2n) is 4.84. The molecule has 0 N–H and O–H groups in total. The van der Waals surface area contributed by atoms with Crippen LogP contribution in [-0.2, 0) is 9.53 Å². The SMILES string of the molecule is COC(=O)CCC(=O)c1cc(-c2cccc3sccc23)cs1. The van der Waals surface area contributed by atoms with E-state index in [9.17, 15) is 9.59 Å². The first-order chi connectivity index (χ1) is 10.7. The molecule has 0 aliphatic carbocycles. The van der Waals surface area contributed by atoms with Gasteiger partial charge in [0.05, 0.1) is 18.4 Å². The van der Waals surface area contributed by atoms with Crippen LogP contribution in [0.2, 0.25) is 0 Å². The Hall–Kier alpha value is -1.98. The van der Waals surface area contributed by atoms with Gasteiger partial charge in [0.1, 0.15) is 0 Å². The maximum absolute atomic E-state index is 12.1. The van der Waals surface area contributed by atoms with Crippen LogP contribution in [0.25, 0.3) is 21.2 Å². The van der Waals surface area contributed by atoms with Crippen molar-refractivity contribution in [3.05, 3.63) is 46.0 Å². The van der Waals surface area contributed by atoms with Crippen LogP contribution < -0.4 is 0 Å². The van der Waals surface area contributed by atoms with Gasteiger partial charge in [-0.05, 0) is 40.1 Å². The number of carbonyl (C=O) groups is 2. The normalized spacial score (nSPS) is 10.8.